The zero-order valence-electron chi connectivity index (χ0n) is 16.8. The number of allylic oxidation sites excluding steroid dienone is 1. The first-order chi connectivity index (χ1) is 13.7. The van der Waals surface area contributed by atoms with E-state index in [0.29, 0.717) is 22.9 Å². The molecule has 156 valence electrons. The maximum atomic E-state index is 12.4. The van der Waals surface area contributed by atoms with Crippen LogP contribution in [0.1, 0.15) is 12.5 Å². The molecular formula is C20H25N3O5S. The topological polar surface area (TPSA) is 111 Å². The summed E-state index contributed by atoms with van der Waals surface area (Å²) in [6, 6.07) is 9.62. The number of sulfonamides is 1. The monoisotopic (exact) mass is 419 g/mol. The highest BCUT2D eigenvalue weighted by Crippen LogP contribution is 2.29. The molecule has 9 heteroatoms. The summed E-state index contributed by atoms with van der Waals surface area (Å²) in [5, 5.41) is 7.85. The third-order valence-corrected chi connectivity index (χ3v) is 4.87. The number of hydrogen-bond acceptors (Lipinski definition) is 6. The van der Waals surface area contributed by atoms with Crippen molar-refractivity contribution in [1.29, 1.82) is 0 Å². The Hall–Kier alpha value is -3.04. The van der Waals surface area contributed by atoms with Crippen molar-refractivity contribution >= 4 is 33.4 Å². The molecule has 0 atom stereocenters. The van der Waals surface area contributed by atoms with Crippen molar-refractivity contribution in [3.8, 4) is 11.5 Å². The predicted molar refractivity (Wildman–Crippen MR) is 114 cm³/mol. The Bertz CT molecular complexity index is 1020. The van der Waals surface area contributed by atoms with Gasteiger partial charge in [0.25, 0.3) is 5.91 Å². The quantitative estimate of drug-likeness (QED) is 0.680. The van der Waals surface area contributed by atoms with Gasteiger partial charge in [-0.3, -0.25) is 4.79 Å². The maximum absolute atomic E-state index is 12.4. The number of hydrogen-bond donors (Lipinski definition) is 2. The lowest BCUT2D eigenvalue weighted by atomic mass is 10.2. The predicted octanol–water partition coefficient (Wildman–Crippen LogP) is 2.46. The van der Waals surface area contributed by atoms with E-state index in [9.17, 15) is 13.2 Å². The van der Waals surface area contributed by atoms with Crippen LogP contribution in [0.4, 0.5) is 11.4 Å². The number of amides is 1. The second kappa shape index (κ2) is 9.44. The second-order valence-corrected chi connectivity index (χ2v) is 7.93. The summed E-state index contributed by atoms with van der Waals surface area (Å²) in [5.41, 5.74) is 1.88. The Labute approximate surface area is 171 Å². The normalized spacial score (nSPS) is 11.3. The van der Waals surface area contributed by atoms with E-state index < -0.39 is 15.9 Å². The summed E-state index contributed by atoms with van der Waals surface area (Å²) >= 11 is 0. The molecule has 1 amide bonds. The largest absolute Gasteiger partial charge is 0.493 e. The molecule has 8 nitrogen and oxygen atoms in total. The highest BCUT2D eigenvalue weighted by Gasteiger charge is 2.15. The number of ether oxygens (including phenoxy) is 2. The van der Waals surface area contributed by atoms with Crippen LogP contribution < -0.4 is 24.8 Å². The first kappa shape index (κ1) is 22.3. The van der Waals surface area contributed by atoms with Gasteiger partial charge in [-0.25, -0.2) is 13.6 Å². The molecule has 2 rings (SSSR count). The molecule has 0 unspecified atom stereocenters. The fraction of sp³-hybridized carbons (Fsp3) is 0.250. The molecule has 0 aliphatic rings. The average molecular weight is 420 g/mol. The molecule has 0 bridgehead atoms. The van der Waals surface area contributed by atoms with Crippen LogP contribution in [-0.4, -0.2) is 42.1 Å². The molecule has 0 heterocycles. The fourth-order valence-electron chi connectivity index (χ4n) is 2.61. The third kappa shape index (κ3) is 5.97. The minimum atomic E-state index is -3.90. The van der Waals surface area contributed by atoms with Crippen LogP contribution in [0.15, 0.2) is 47.4 Å². The zero-order chi connectivity index (χ0) is 21.6. The van der Waals surface area contributed by atoms with Crippen molar-refractivity contribution in [2.75, 3.05) is 38.0 Å². The van der Waals surface area contributed by atoms with Gasteiger partial charge in [-0.1, -0.05) is 18.2 Å². The molecule has 0 radical (unpaired) electrons. The van der Waals surface area contributed by atoms with Gasteiger partial charge in [0.05, 0.1) is 23.4 Å². The van der Waals surface area contributed by atoms with Crippen molar-refractivity contribution in [1.82, 2.24) is 0 Å². The summed E-state index contributed by atoms with van der Waals surface area (Å²) in [6.07, 6.45) is 3.82. The number of nitrogens with one attached hydrogen (secondary N) is 1. The van der Waals surface area contributed by atoms with Gasteiger partial charge in [-0.15, -0.1) is 0 Å². The van der Waals surface area contributed by atoms with E-state index in [2.05, 4.69) is 5.32 Å². The van der Waals surface area contributed by atoms with Crippen molar-refractivity contribution in [3.63, 3.8) is 0 Å². The van der Waals surface area contributed by atoms with Crippen LogP contribution in [0.25, 0.3) is 6.08 Å². The van der Waals surface area contributed by atoms with Crippen LogP contribution in [0, 0.1) is 0 Å². The smallest absolute Gasteiger partial charge is 0.262 e. The number of benzene rings is 2. The van der Waals surface area contributed by atoms with E-state index in [4.69, 9.17) is 14.6 Å². The van der Waals surface area contributed by atoms with Crippen LogP contribution >= 0.6 is 0 Å². The first-order valence-corrected chi connectivity index (χ1v) is 10.3. The minimum absolute atomic E-state index is 0.0967. The molecule has 2 aromatic carbocycles. The van der Waals surface area contributed by atoms with Crippen LogP contribution in [0.5, 0.6) is 11.5 Å². The number of methoxy groups -OCH3 is 1. The zero-order valence-corrected chi connectivity index (χ0v) is 17.6. The second-order valence-electron chi connectivity index (χ2n) is 6.37. The molecule has 0 saturated heterocycles. The van der Waals surface area contributed by atoms with Gasteiger partial charge >= 0.3 is 0 Å². The number of nitrogens with zero attached hydrogens (tertiary/aromatic N) is 1. The molecule has 3 N–H and O–H groups in total. The maximum Gasteiger partial charge on any atom is 0.262 e. The number of primary sulfonamides is 1. The van der Waals surface area contributed by atoms with E-state index in [1.54, 1.807) is 37.2 Å². The molecule has 0 spiro atoms. The summed E-state index contributed by atoms with van der Waals surface area (Å²) in [5.74, 6) is 0.458. The van der Waals surface area contributed by atoms with Crippen molar-refractivity contribution < 1.29 is 22.7 Å². The average Bonchev–Trinajstić information content (AvgIpc) is 2.66. The Kier molecular flexibility index (Phi) is 7.24. The van der Waals surface area contributed by atoms with Gasteiger partial charge in [0, 0.05) is 14.1 Å². The SMILES string of the molecule is C/C=C/c1ccc(OCC(=O)Nc2cc(S(N)(=O)=O)ccc2N(C)C)c(OC)c1. The van der Waals surface area contributed by atoms with E-state index in [0.717, 1.165) is 5.56 Å². The number of carbonyl (C=O) groups excluding carboxylic acids is 1. The van der Waals surface area contributed by atoms with Crippen molar-refractivity contribution in [3.05, 3.63) is 48.0 Å². The minimum Gasteiger partial charge on any atom is -0.493 e. The highest BCUT2D eigenvalue weighted by atomic mass is 32.2. The highest BCUT2D eigenvalue weighted by molar-refractivity contribution is 7.89. The van der Waals surface area contributed by atoms with Gasteiger partial charge < -0.3 is 19.7 Å². The summed E-state index contributed by atoms with van der Waals surface area (Å²) in [6.45, 7) is 1.62. The summed E-state index contributed by atoms with van der Waals surface area (Å²) < 4.78 is 34.1. The fourth-order valence-corrected chi connectivity index (χ4v) is 3.15. The van der Waals surface area contributed by atoms with E-state index >= 15 is 0 Å². The van der Waals surface area contributed by atoms with Crippen LogP contribution in [-0.2, 0) is 14.8 Å². The van der Waals surface area contributed by atoms with Gasteiger partial charge in [-0.05, 0) is 42.8 Å². The van der Waals surface area contributed by atoms with E-state index in [-0.39, 0.29) is 11.5 Å². The van der Waals surface area contributed by atoms with Crippen molar-refractivity contribution in [2.45, 2.75) is 11.8 Å². The Morgan fingerprint density at radius 2 is 1.90 bits per heavy atom. The Morgan fingerprint density at radius 1 is 1.17 bits per heavy atom. The number of rotatable bonds is 8. The number of carbonyl (C=O) groups is 1. The third-order valence-electron chi connectivity index (χ3n) is 3.96. The molecule has 0 saturated carbocycles. The molecule has 29 heavy (non-hydrogen) atoms. The summed E-state index contributed by atoms with van der Waals surface area (Å²) in [7, 11) is 1.16. The van der Waals surface area contributed by atoms with E-state index in [1.165, 1.54) is 19.2 Å². The van der Waals surface area contributed by atoms with Crippen LogP contribution in [0.3, 0.4) is 0 Å². The van der Waals surface area contributed by atoms with Gasteiger partial charge in [0.15, 0.2) is 18.1 Å². The number of anilines is 2. The van der Waals surface area contributed by atoms with E-state index in [1.807, 2.05) is 25.1 Å². The summed E-state index contributed by atoms with van der Waals surface area (Å²) in [4.78, 5) is 14.0. The lowest BCUT2D eigenvalue weighted by Gasteiger charge is -2.19. The van der Waals surface area contributed by atoms with Crippen LogP contribution in [0.2, 0.25) is 0 Å². The first-order valence-electron chi connectivity index (χ1n) is 8.73. The molecule has 0 fully saturated rings. The van der Waals surface area contributed by atoms with Gasteiger partial charge in [0.1, 0.15) is 0 Å². The molecule has 2 aromatic rings. The Morgan fingerprint density at radius 3 is 2.48 bits per heavy atom. The lowest BCUT2D eigenvalue weighted by Crippen LogP contribution is -2.23. The molecular weight excluding hydrogens is 394 g/mol. The molecule has 0 aliphatic carbocycles. The standard InChI is InChI=1S/C20H25N3O5S/c1-5-6-14-7-10-18(19(11-14)27-4)28-13-20(24)22-16-12-15(29(21,25)26)8-9-17(16)23(2)3/h5-12H,13H2,1-4H3,(H,22,24)(H2,21,25,26)/b6-5+. The molecule has 0 aromatic heterocycles. The number of nitrogens with two attached hydrogens (primary N) is 1. The van der Waals surface area contributed by atoms with Gasteiger partial charge in [-0.2, -0.15) is 0 Å². The van der Waals surface area contributed by atoms with Gasteiger partial charge in [0.2, 0.25) is 10.0 Å². The Balaban J connectivity index is 2.17. The molecule has 0 aliphatic heterocycles. The lowest BCUT2D eigenvalue weighted by molar-refractivity contribution is -0.118. The van der Waals surface area contributed by atoms with Crippen molar-refractivity contribution in [2.24, 2.45) is 5.14 Å².